The van der Waals surface area contributed by atoms with Gasteiger partial charge in [-0.15, -0.1) is 0 Å². The average Bonchev–Trinajstić information content (AvgIpc) is 3.53. The molecule has 0 spiro atoms. The van der Waals surface area contributed by atoms with Gasteiger partial charge < -0.3 is 4.57 Å². The van der Waals surface area contributed by atoms with Crippen LogP contribution in [0.5, 0.6) is 0 Å². The number of benzene rings is 6. The molecule has 6 aromatic carbocycles. The molecule has 45 heavy (non-hydrogen) atoms. The molecule has 0 bridgehead atoms. The van der Waals surface area contributed by atoms with Gasteiger partial charge in [0.25, 0.3) is 0 Å². The van der Waals surface area contributed by atoms with E-state index in [2.05, 4.69) is 114 Å². The van der Waals surface area contributed by atoms with Crippen molar-refractivity contribution in [2.45, 2.75) is 0 Å². The summed E-state index contributed by atoms with van der Waals surface area (Å²) in [5.41, 5.74) is 9.78. The number of aromatic nitrogens is 4. The summed E-state index contributed by atoms with van der Waals surface area (Å²) >= 11 is 0. The third-order valence-corrected chi connectivity index (χ3v) is 8.07. The molecule has 0 fully saturated rings. The van der Waals surface area contributed by atoms with E-state index in [9.17, 15) is 0 Å². The highest BCUT2D eigenvalue weighted by Crippen LogP contribution is 2.35. The van der Waals surface area contributed by atoms with Crippen molar-refractivity contribution in [1.82, 2.24) is 19.5 Å². The van der Waals surface area contributed by atoms with Gasteiger partial charge in [0.2, 0.25) is 0 Å². The Morgan fingerprint density at radius 3 is 1.42 bits per heavy atom. The topological polar surface area (TPSA) is 43.6 Å². The third-order valence-electron chi connectivity index (χ3n) is 8.07. The fraction of sp³-hybridized carbons (Fsp3) is 0. The fourth-order valence-corrected chi connectivity index (χ4v) is 5.85. The van der Waals surface area contributed by atoms with E-state index in [1.54, 1.807) is 0 Å². The van der Waals surface area contributed by atoms with Gasteiger partial charge in [0.05, 0.1) is 5.52 Å². The first-order valence-electron chi connectivity index (χ1n) is 15.0. The van der Waals surface area contributed by atoms with Crippen LogP contribution in [0.2, 0.25) is 0 Å². The summed E-state index contributed by atoms with van der Waals surface area (Å²) in [7, 11) is 0. The molecule has 0 N–H and O–H groups in total. The van der Waals surface area contributed by atoms with Crippen LogP contribution in [0, 0.1) is 0 Å². The molecule has 4 heteroatoms. The Morgan fingerprint density at radius 1 is 0.356 bits per heavy atom. The SMILES string of the molecule is c1ccc(-c2nc(-c3ccccc3)nc(-c3cccc(-c4cccc(-c5cn(-c6ccccc6)c6ccccc56)c4)c3)n2)cc1. The highest BCUT2D eigenvalue weighted by Gasteiger charge is 2.15. The molecule has 0 amide bonds. The van der Waals surface area contributed by atoms with E-state index in [-0.39, 0.29) is 0 Å². The maximum atomic E-state index is 4.94. The summed E-state index contributed by atoms with van der Waals surface area (Å²) < 4.78 is 2.27. The predicted molar refractivity (Wildman–Crippen MR) is 184 cm³/mol. The number of nitrogens with zero attached hydrogens (tertiary/aromatic N) is 4. The molecule has 8 aromatic rings. The van der Waals surface area contributed by atoms with Gasteiger partial charge in [0, 0.05) is 39.5 Å². The molecule has 0 atom stereocenters. The molecule has 0 unspecified atom stereocenters. The van der Waals surface area contributed by atoms with Gasteiger partial charge in [-0.3, -0.25) is 0 Å². The van der Waals surface area contributed by atoms with E-state index in [0.717, 1.165) is 33.5 Å². The van der Waals surface area contributed by atoms with E-state index >= 15 is 0 Å². The van der Waals surface area contributed by atoms with Gasteiger partial charge in [0.1, 0.15) is 0 Å². The summed E-state index contributed by atoms with van der Waals surface area (Å²) in [6.45, 7) is 0. The van der Waals surface area contributed by atoms with Gasteiger partial charge in [-0.2, -0.15) is 0 Å². The fourth-order valence-electron chi connectivity index (χ4n) is 5.85. The predicted octanol–water partition coefficient (Wildman–Crippen LogP) is 10.2. The Hall–Kier alpha value is -6.13. The number of rotatable bonds is 6. The zero-order valence-electron chi connectivity index (χ0n) is 24.5. The van der Waals surface area contributed by atoms with E-state index in [4.69, 9.17) is 15.0 Å². The number of hydrogen-bond acceptors (Lipinski definition) is 3. The van der Waals surface area contributed by atoms with Gasteiger partial charge >= 0.3 is 0 Å². The molecule has 0 saturated heterocycles. The van der Waals surface area contributed by atoms with Crippen LogP contribution in [-0.2, 0) is 0 Å². The highest BCUT2D eigenvalue weighted by molar-refractivity contribution is 5.97. The molecular formula is C41H28N4. The molecule has 0 aliphatic heterocycles. The summed E-state index contributed by atoms with van der Waals surface area (Å²) in [6, 6.07) is 56.5. The van der Waals surface area contributed by atoms with Crippen LogP contribution in [0.15, 0.2) is 170 Å². The molecule has 0 aliphatic rings. The lowest BCUT2D eigenvalue weighted by Crippen LogP contribution is -2.00. The van der Waals surface area contributed by atoms with Crippen molar-refractivity contribution in [3.05, 3.63) is 170 Å². The van der Waals surface area contributed by atoms with Crippen molar-refractivity contribution in [3.8, 4) is 62.1 Å². The molecule has 2 aromatic heterocycles. The quantitative estimate of drug-likeness (QED) is 0.198. The highest BCUT2D eigenvalue weighted by atomic mass is 15.0. The van der Waals surface area contributed by atoms with E-state index in [1.165, 1.54) is 22.0 Å². The lowest BCUT2D eigenvalue weighted by molar-refractivity contribution is 1.07. The van der Waals surface area contributed by atoms with Crippen LogP contribution in [0.25, 0.3) is 73.0 Å². The first-order valence-corrected chi connectivity index (χ1v) is 15.0. The summed E-state index contributed by atoms with van der Waals surface area (Å²) in [4.78, 5) is 14.7. The lowest BCUT2D eigenvalue weighted by atomic mass is 9.97. The second kappa shape index (κ2) is 11.5. The largest absolute Gasteiger partial charge is 0.316 e. The van der Waals surface area contributed by atoms with Crippen LogP contribution in [-0.4, -0.2) is 19.5 Å². The maximum Gasteiger partial charge on any atom is 0.164 e. The summed E-state index contributed by atoms with van der Waals surface area (Å²) in [6.07, 6.45) is 2.25. The van der Waals surface area contributed by atoms with E-state index in [1.807, 2.05) is 60.7 Å². The Kier molecular flexibility index (Phi) is 6.78. The van der Waals surface area contributed by atoms with Crippen molar-refractivity contribution < 1.29 is 0 Å². The van der Waals surface area contributed by atoms with Crippen LogP contribution < -0.4 is 0 Å². The summed E-state index contributed by atoms with van der Waals surface area (Å²) in [5, 5.41) is 1.22. The molecule has 0 radical (unpaired) electrons. The molecule has 0 aliphatic carbocycles. The minimum Gasteiger partial charge on any atom is -0.316 e. The van der Waals surface area contributed by atoms with Crippen molar-refractivity contribution in [2.24, 2.45) is 0 Å². The van der Waals surface area contributed by atoms with E-state index < -0.39 is 0 Å². The molecule has 2 heterocycles. The Labute approximate surface area is 262 Å². The van der Waals surface area contributed by atoms with Crippen LogP contribution in [0.4, 0.5) is 0 Å². The van der Waals surface area contributed by atoms with Crippen LogP contribution in [0.3, 0.4) is 0 Å². The summed E-state index contributed by atoms with van der Waals surface area (Å²) in [5.74, 6) is 1.95. The van der Waals surface area contributed by atoms with Crippen LogP contribution >= 0.6 is 0 Å². The molecule has 212 valence electrons. The first kappa shape index (κ1) is 26.5. The van der Waals surface area contributed by atoms with Crippen molar-refractivity contribution in [3.63, 3.8) is 0 Å². The molecule has 0 saturated carbocycles. The Bertz CT molecular complexity index is 2200. The zero-order valence-corrected chi connectivity index (χ0v) is 24.5. The second-order valence-corrected chi connectivity index (χ2v) is 11.0. The Morgan fingerprint density at radius 2 is 0.800 bits per heavy atom. The van der Waals surface area contributed by atoms with Crippen molar-refractivity contribution in [2.75, 3.05) is 0 Å². The minimum absolute atomic E-state index is 0.645. The minimum atomic E-state index is 0.645. The monoisotopic (exact) mass is 576 g/mol. The first-order chi connectivity index (χ1) is 22.3. The van der Waals surface area contributed by atoms with Crippen LogP contribution in [0.1, 0.15) is 0 Å². The van der Waals surface area contributed by atoms with Gasteiger partial charge in [-0.1, -0.05) is 133 Å². The smallest absolute Gasteiger partial charge is 0.164 e. The average molecular weight is 577 g/mol. The maximum absolute atomic E-state index is 4.94. The van der Waals surface area contributed by atoms with Crippen molar-refractivity contribution in [1.29, 1.82) is 0 Å². The molecule has 8 rings (SSSR count). The number of hydrogen-bond donors (Lipinski definition) is 0. The van der Waals surface area contributed by atoms with E-state index in [0.29, 0.717) is 17.5 Å². The molecular weight excluding hydrogens is 548 g/mol. The lowest BCUT2D eigenvalue weighted by Gasteiger charge is -2.10. The van der Waals surface area contributed by atoms with Gasteiger partial charge in [0.15, 0.2) is 17.5 Å². The third kappa shape index (κ3) is 5.19. The second-order valence-electron chi connectivity index (χ2n) is 11.0. The number of fused-ring (bicyclic) bond motifs is 1. The Balaban J connectivity index is 1.22. The number of para-hydroxylation sites is 2. The van der Waals surface area contributed by atoms with Gasteiger partial charge in [-0.25, -0.2) is 15.0 Å². The van der Waals surface area contributed by atoms with Gasteiger partial charge in [-0.05, 0) is 47.0 Å². The normalized spacial score (nSPS) is 11.1. The molecule has 4 nitrogen and oxygen atoms in total. The zero-order chi connectivity index (χ0) is 30.0. The standard InChI is InChI=1S/C41H28N4/c1-4-14-29(15-5-1)39-42-40(30-16-6-2-7-17-30)44-41(43-39)34-21-13-19-32(27-34)31-18-12-20-33(26-31)37-28-45(35-22-8-3-9-23-35)38-25-11-10-24-36(37)38/h1-28H. The van der Waals surface area contributed by atoms with Crippen molar-refractivity contribution >= 4 is 10.9 Å².